The van der Waals surface area contributed by atoms with Crippen LogP contribution in [0.1, 0.15) is 9.67 Å². The maximum Gasteiger partial charge on any atom is 0.455 e. The first kappa shape index (κ1) is 13.9. The summed E-state index contributed by atoms with van der Waals surface area (Å²) < 4.78 is 48.0. The lowest BCUT2D eigenvalue weighted by molar-refractivity contribution is -0.0882. The summed E-state index contributed by atoms with van der Waals surface area (Å²) in [5.41, 5.74) is 0.686. The Morgan fingerprint density at radius 2 is 1.76 bits per heavy atom. The summed E-state index contributed by atoms with van der Waals surface area (Å²) in [5, 5.41) is 0. The molecule has 0 amide bonds. The molecule has 3 rings (SSSR count). The highest BCUT2D eigenvalue weighted by atomic mass is 32.1. The zero-order valence-corrected chi connectivity index (χ0v) is 11.4. The van der Waals surface area contributed by atoms with Gasteiger partial charge >= 0.3 is 6.18 Å². The number of thiophene rings is 1. The van der Waals surface area contributed by atoms with Gasteiger partial charge in [0.25, 0.3) is 5.78 Å². The number of halogens is 3. The molecule has 0 saturated carbocycles. The number of hydrogen-bond donors (Lipinski definition) is 0. The normalized spacial score (nSPS) is 14.0. The SMILES string of the molecule is O=C(c1ccc(-c2ccc3c(c2)OCCO3)s1)C(F)(F)F. The van der Waals surface area contributed by atoms with Gasteiger partial charge in [-0.1, -0.05) is 0 Å². The molecular weight excluding hydrogens is 305 g/mol. The molecule has 7 heteroatoms. The summed E-state index contributed by atoms with van der Waals surface area (Å²) in [6, 6.07) is 7.81. The van der Waals surface area contributed by atoms with Crippen LogP contribution in [0.25, 0.3) is 10.4 Å². The molecule has 0 bridgehead atoms. The standard InChI is InChI=1S/C14H9F3O3S/c15-14(16,17)13(18)12-4-3-11(21-12)8-1-2-9-10(7-8)20-6-5-19-9/h1-4,7H,5-6H2. The summed E-state index contributed by atoms with van der Waals surface area (Å²) in [6.45, 7) is 0.897. The topological polar surface area (TPSA) is 35.5 Å². The number of Topliss-reactive ketones (excluding diaryl/α,β-unsaturated/α-hetero) is 1. The average Bonchev–Trinajstić information content (AvgIpc) is 2.94. The number of carbonyl (C=O) groups excluding carboxylic acids is 1. The van der Waals surface area contributed by atoms with E-state index in [1.54, 1.807) is 18.2 Å². The highest BCUT2D eigenvalue weighted by molar-refractivity contribution is 7.17. The van der Waals surface area contributed by atoms with Gasteiger partial charge in [0.05, 0.1) is 4.88 Å². The second-order valence-electron chi connectivity index (χ2n) is 4.35. The van der Waals surface area contributed by atoms with E-state index in [9.17, 15) is 18.0 Å². The predicted molar refractivity (Wildman–Crippen MR) is 71.1 cm³/mol. The van der Waals surface area contributed by atoms with E-state index >= 15 is 0 Å². The Labute approximate surface area is 121 Å². The minimum absolute atomic E-state index is 0.326. The molecule has 3 nitrogen and oxygen atoms in total. The molecule has 1 aromatic carbocycles. The van der Waals surface area contributed by atoms with E-state index in [2.05, 4.69) is 0 Å². The summed E-state index contributed by atoms with van der Waals surface area (Å²) in [7, 11) is 0. The van der Waals surface area contributed by atoms with Crippen LogP contribution in [0, 0.1) is 0 Å². The van der Waals surface area contributed by atoms with E-state index in [-0.39, 0.29) is 4.88 Å². The molecule has 1 aliphatic heterocycles. The largest absolute Gasteiger partial charge is 0.486 e. The molecule has 2 aromatic rings. The van der Waals surface area contributed by atoms with Gasteiger partial charge in [-0.3, -0.25) is 4.79 Å². The highest BCUT2D eigenvalue weighted by Gasteiger charge is 2.40. The Morgan fingerprint density at radius 1 is 1.05 bits per heavy atom. The van der Waals surface area contributed by atoms with Crippen LogP contribution in [0.2, 0.25) is 0 Å². The lowest BCUT2D eigenvalue weighted by Gasteiger charge is -2.18. The third-order valence-electron chi connectivity index (χ3n) is 2.91. The molecule has 0 unspecified atom stereocenters. The molecule has 0 radical (unpaired) electrons. The summed E-state index contributed by atoms with van der Waals surface area (Å²) in [5.74, 6) is -0.666. The van der Waals surface area contributed by atoms with Crippen molar-refractivity contribution in [1.82, 2.24) is 0 Å². The van der Waals surface area contributed by atoms with Gasteiger partial charge in [0.1, 0.15) is 13.2 Å². The number of fused-ring (bicyclic) bond motifs is 1. The van der Waals surface area contributed by atoms with E-state index < -0.39 is 12.0 Å². The first-order valence-electron chi connectivity index (χ1n) is 6.06. The van der Waals surface area contributed by atoms with Crippen molar-refractivity contribution in [2.24, 2.45) is 0 Å². The van der Waals surface area contributed by atoms with Gasteiger partial charge in [0.15, 0.2) is 11.5 Å². The lowest BCUT2D eigenvalue weighted by atomic mass is 10.1. The Bertz CT molecular complexity index is 691. The van der Waals surface area contributed by atoms with Crippen molar-refractivity contribution in [2.75, 3.05) is 13.2 Å². The molecule has 0 spiro atoms. The van der Waals surface area contributed by atoms with Gasteiger partial charge in [0, 0.05) is 4.88 Å². The van der Waals surface area contributed by atoms with Gasteiger partial charge in [-0.15, -0.1) is 11.3 Å². The van der Waals surface area contributed by atoms with Crippen molar-refractivity contribution >= 4 is 17.1 Å². The van der Waals surface area contributed by atoms with Crippen LogP contribution in [0.3, 0.4) is 0 Å². The number of ketones is 1. The number of rotatable bonds is 2. The molecule has 1 aromatic heterocycles. The van der Waals surface area contributed by atoms with Gasteiger partial charge < -0.3 is 9.47 Å². The molecule has 0 N–H and O–H groups in total. The number of ether oxygens (including phenoxy) is 2. The van der Waals surface area contributed by atoms with E-state index in [0.29, 0.717) is 35.2 Å². The summed E-state index contributed by atoms with van der Waals surface area (Å²) >= 11 is 0.806. The van der Waals surface area contributed by atoms with Gasteiger partial charge in [-0.05, 0) is 35.9 Å². The van der Waals surface area contributed by atoms with Crippen molar-refractivity contribution in [3.8, 4) is 21.9 Å². The Morgan fingerprint density at radius 3 is 2.48 bits per heavy atom. The van der Waals surface area contributed by atoms with Gasteiger partial charge in [0.2, 0.25) is 0 Å². The Balaban J connectivity index is 1.91. The molecule has 0 aliphatic carbocycles. The minimum Gasteiger partial charge on any atom is -0.486 e. The smallest absolute Gasteiger partial charge is 0.455 e. The number of benzene rings is 1. The first-order chi connectivity index (χ1) is 9.95. The van der Waals surface area contributed by atoms with E-state index in [0.717, 1.165) is 11.3 Å². The van der Waals surface area contributed by atoms with Crippen LogP contribution < -0.4 is 9.47 Å². The molecule has 1 aliphatic rings. The zero-order chi connectivity index (χ0) is 15.0. The van der Waals surface area contributed by atoms with Gasteiger partial charge in [-0.2, -0.15) is 13.2 Å². The predicted octanol–water partition coefficient (Wildman–Crippen LogP) is 3.93. The number of carbonyl (C=O) groups is 1. The quantitative estimate of drug-likeness (QED) is 0.788. The maximum absolute atomic E-state index is 12.4. The van der Waals surface area contributed by atoms with E-state index in [1.807, 2.05) is 0 Å². The summed E-state index contributed by atoms with van der Waals surface area (Å²) in [4.78, 5) is 11.4. The third kappa shape index (κ3) is 2.73. The van der Waals surface area contributed by atoms with Crippen molar-refractivity contribution in [3.63, 3.8) is 0 Å². The van der Waals surface area contributed by atoms with Crippen molar-refractivity contribution < 1.29 is 27.4 Å². The zero-order valence-electron chi connectivity index (χ0n) is 10.6. The molecular formula is C14H9F3O3S. The van der Waals surface area contributed by atoms with Crippen molar-refractivity contribution in [1.29, 1.82) is 0 Å². The average molecular weight is 314 g/mol. The highest BCUT2D eigenvalue weighted by Crippen LogP contribution is 2.37. The Hall–Kier alpha value is -2.02. The van der Waals surface area contributed by atoms with Crippen LogP contribution >= 0.6 is 11.3 Å². The summed E-state index contributed by atoms with van der Waals surface area (Å²) in [6.07, 6.45) is -4.85. The molecule has 0 fully saturated rings. The first-order valence-corrected chi connectivity index (χ1v) is 6.88. The third-order valence-corrected chi connectivity index (χ3v) is 4.05. The fraction of sp³-hybridized carbons (Fsp3) is 0.214. The molecule has 110 valence electrons. The second-order valence-corrected chi connectivity index (χ2v) is 5.43. The molecule has 2 heterocycles. The lowest BCUT2D eigenvalue weighted by Crippen LogP contribution is -2.21. The minimum atomic E-state index is -4.85. The Kier molecular flexibility index (Phi) is 3.36. The molecule has 0 atom stereocenters. The fourth-order valence-electron chi connectivity index (χ4n) is 1.95. The number of alkyl halides is 3. The van der Waals surface area contributed by atoms with Crippen molar-refractivity contribution in [3.05, 3.63) is 35.2 Å². The second kappa shape index (κ2) is 5.07. The van der Waals surface area contributed by atoms with Gasteiger partial charge in [-0.25, -0.2) is 0 Å². The fourth-order valence-corrected chi connectivity index (χ4v) is 2.91. The van der Waals surface area contributed by atoms with Crippen LogP contribution in [0.5, 0.6) is 11.5 Å². The van der Waals surface area contributed by atoms with Crippen LogP contribution in [0.4, 0.5) is 13.2 Å². The van der Waals surface area contributed by atoms with Crippen LogP contribution in [-0.2, 0) is 0 Å². The van der Waals surface area contributed by atoms with Crippen LogP contribution in [-0.4, -0.2) is 25.2 Å². The van der Waals surface area contributed by atoms with E-state index in [4.69, 9.17) is 9.47 Å². The molecule has 21 heavy (non-hydrogen) atoms. The molecule has 0 saturated heterocycles. The van der Waals surface area contributed by atoms with Crippen molar-refractivity contribution in [2.45, 2.75) is 6.18 Å². The monoisotopic (exact) mass is 314 g/mol. The maximum atomic E-state index is 12.4. The number of hydrogen-bond acceptors (Lipinski definition) is 4. The van der Waals surface area contributed by atoms with E-state index in [1.165, 1.54) is 12.1 Å². The van der Waals surface area contributed by atoms with Crippen LogP contribution in [0.15, 0.2) is 30.3 Å².